The van der Waals surface area contributed by atoms with Crippen molar-refractivity contribution in [2.75, 3.05) is 41.7 Å². The number of aliphatic hydroxyl groups excluding tert-OH is 1. The van der Waals surface area contributed by atoms with Crippen LogP contribution in [0, 0.1) is 11.6 Å². The van der Waals surface area contributed by atoms with Gasteiger partial charge in [0.05, 0.1) is 10.6 Å². The van der Waals surface area contributed by atoms with Crippen molar-refractivity contribution >= 4 is 47.1 Å². The summed E-state index contributed by atoms with van der Waals surface area (Å²) < 4.78 is 29.9. The van der Waals surface area contributed by atoms with Gasteiger partial charge in [0.1, 0.15) is 30.6 Å². The van der Waals surface area contributed by atoms with Crippen molar-refractivity contribution in [1.82, 2.24) is 9.88 Å². The third-order valence-corrected chi connectivity index (χ3v) is 6.52. The highest BCUT2D eigenvalue weighted by Gasteiger charge is 2.39. The zero-order chi connectivity index (χ0) is 25.3. The highest BCUT2D eigenvalue weighted by Crippen LogP contribution is 2.40. The number of halogens is 3. The Morgan fingerprint density at radius 3 is 2.66 bits per heavy atom. The Labute approximate surface area is 206 Å². The zero-order valence-corrected chi connectivity index (χ0v) is 20.0. The highest BCUT2D eigenvalue weighted by atomic mass is 35.5. The number of aliphatic hydroxyl groups is 1. The molecular formula is C23H25ClF2N6O3. The molecule has 4 rings (SSSR count). The van der Waals surface area contributed by atoms with Crippen LogP contribution in [0.3, 0.4) is 0 Å². The number of carbonyl (C=O) groups excluding carboxylic acids is 2. The highest BCUT2D eigenvalue weighted by molar-refractivity contribution is 6.34. The van der Waals surface area contributed by atoms with Gasteiger partial charge in [0.25, 0.3) is 5.91 Å². The van der Waals surface area contributed by atoms with Crippen molar-refractivity contribution in [3.63, 3.8) is 0 Å². The lowest BCUT2D eigenvalue weighted by Gasteiger charge is -2.45. The summed E-state index contributed by atoms with van der Waals surface area (Å²) in [6, 6.07) is 5.23. The van der Waals surface area contributed by atoms with Gasteiger partial charge in [-0.1, -0.05) is 17.7 Å². The van der Waals surface area contributed by atoms with Gasteiger partial charge in [-0.05, 0) is 44.4 Å². The first-order chi connectivity index (χ1) is 16.8. The Bertz CT molecular complexity index is 1160. The number of likely N-dealkylation sites (N-methyl/N-ethyl adjacent to an activating group) is 1. The standard InChI is InChI=1S/C23H25ClF2N6O3/c1-3-30(13-34)19(11-33)28-29(2)22-18(26)10-15-21(27-22)31(14-6-4-7-14)12-32(23(15)35)20-16(24)8-5-9-17(20)25/h5,8-10,13-14,33H,3-4,6-7,11-12H2,1-2H3/b28-19-. The van der Waals surface area contributed by atoms with E-state index in [9.17, 15) is 19.1 Å². The van der Waals surface area contributed by atoms with E-state index in [1.54, 1.807) is 6.92 Å². The largest absolute Gasteiger partial charge is 0.388 e. The maximum absolute atomic E-state index is 15.2. The number of hydrogen-bond donors (Lipinski definition) is 1. The second kappa shape index (κ2) is 10.1. The van der Waals surface area contributed by atoms with Crippen LogP contribution in [0.1, 0.15) is 36.5 Å². The Kier molecular flexibility index (Phi) is 7.18. The number of carbonyl (C=O) groups is 2. The van der Waals surface area contributed by atoms with Crippen LogP contribution >= 0.6 is 11.6 Å². The Hall–Kier alpha value is -3.31. The van der Waals surface area contributed by atoms with Gasteiger partial charge < -0.3 is 10.0 Å². The predicted octanol–water partition coefficient (Wildman–Crippen LogP) is 3.21. The number of nitrogens with zero attached hydrogens (tertiary/aromatic N) is 6. The fourth-order valence-corrected chi connectivity index (χ4v) is 4.39. The first-order valence-electron chi connectivity index (χ1n) is 11.2. The third kappa shape index (κ3) is 4.53. The Morgan fingerprint density at radius 2 is 2.09 bits per heavy atom. The van der Waals surface area contributed by atoms with Gasteiger partial charge in [-0.3, -0.25) is 19.4 Å². The Balaban J connectivity index is 1.79. The fourth-order valence-electron chi connectivity index (χ4n) is 4.13. The molecule has 1 aromatic carbocycles. The topological polar surface area (TPSA) is 92.6 Å². The number of fused-ring (bicyclic) bond motifs is 1. The van der Waals surface area contributed by atoms with E-state index >= 15 is 4.39 Å². The number of benzene rings is 1. The minimum absolute atomic E-state index is 0.00114. The van der Waals surface area contributed by atoms with Gasteiger partial charge in [-0.25, -0.2) is 18.8 Å². The normalized spacial score (nSPS) is 16.2. The summed E-state index contributed by atoms with van der Waals surface area (Å²) >= 11 is 6.23. The molecule has 1 aliphatic carbocycles. The number of hydrogen-bond acceptors (Lipinski definition) is 7. The molecule has 35 heavy (non-hydrogen) atoms. The molecule has 1 fully saturated rings. The summed E-state index contributed by atoms with van der Waals surface area (Å²) in [6.45, 7) is 1.41. The Morgan fingerprint density at radius 1 is 1.34 bits per heavy atom. The van der Waals surface area contributed by atoms with E-state index in [2.05, 4.69) is 10.1 Å². The molecule has 0 bridgehead atoms. The molecule has 1 saturated carbocycles. The number of pyridine rings is 1. The van der Waals surface area contributed by atoms with Crippen LogP contribution in [0.25, 0.3) is 0 Å². The van der Waals surface area contributed by atoms with Gasteiger partial charge in [0.15, 0.2) is 17.5 Å². The van der Waals surface area contributed by atoms with Gasteiger partial charge in [0, 0.05) is 19.6 Å². The molecule has 2 heterocycles. The number of amidine groups is 1. The van der Waals surface area contributed by atoms with Crippen molar-refractivity contribution in [2.45, 2.75) is 32.2 Å². The van der Waals surface area contributed by atoms with Gasteiger partial charge in [0.2, 0.25) is 6.41 Å². The van der Waals surface area contributed by atoms with E-state index in [-0.39, 0.29) is 53.0 Å². The van der Waals surface area contributed by atoms with Crippen LogP contribution in [0.4, 0.5) is 26.1 Å². The summed E-state index contributed by atoms with van der Waals surface area (Å²) in [5.74, 6) is -2.04. The minimum atomic E-state index is -0.843. The summed E-state index contributed by atoms with van der Waals surface area (Å²) in [4.78, 5) is 33.3. The summed E-state index contributed by atoms with van der Waals surface area (Å²) in [5, 5.41) is 14.9. The molecule has 1 N–H and O–H groups in total. The summed E-state index contributed by atoms with van der Waals surface area (Å²) in [5.41, 5.74) is -0.0898. The smallest absolute Gasteiger partial charge is 0.263 e. The van der Waals surface area contributed by atoms with E-state index in [1.165, 1.54) is 35.0 Å². The molecular weight excluding hydrogens is 482 g/mol. The second-order valence-electron chi connectivity index (χ2n) is 8.25. The number of aromatic nitrogens is 1. The van der Waals surface area contributed by atoms with Crippen LogP contribution in [0.2, 0.25) is 5.02 Å². The molecule has 0 saturated heterocycles. The van der Waals surface area contributed by atoms with Gasteiger partial charge in [-0.15, -0.1) is 0 Å². The number of amides is 2. The van der Waals surface area contributed by atoms with Crippen molar-refractivity contribution < 1.29 is 23.5 Å². The SMILES string of the molecule is CCN(C=O)/C(CO)=N\N(C)c1nc2c(cc1F)C(=O)N(c1c(F)cccc1Cl)CN2C1CCC1. The molecule has 0 radical (unpaired) electrons. The maximum atomic E-state index is 15.2. The molecule has 0 spiro atoms. The second-order valence-corrected chi connectivity index (χ2v) is 8.66. The van der Waals surface area contributed by atoms with Gasteiger partial charge >= 0.3 is 0 Å². The third-order valence-electron chi connectivity index (χ3n) is 6.21. The molecule has 2 amide bonds. The molecule has 1 aliphatic heterocycles. The van der Waals surface area contributed by atoms with Crippen LogP contribution in [-0.4, -0.2) is 66.1 Å². The average Bonchev–Trinajstić information content (AvgIpc) is 2.80. The van der Waals surface area contributed by atoms with E-state index in [0.29, 0.717) is 6.41 Å². The van der Waals surface area contributed by atoms with Crippen LogP contribution in [0.5, 0.6) is 0 Å². The molecule has 186 valence electrons. The van der Waals surface area contributed by atoms with Crippen molar-refractivity contribution in [1.29, 1.82) is 0 Å². The fraction of sp³-hybridized carbons (Fsp3) is 0.391. The van der Waals surface area contributed by atoms with Crippen molar-refractivity contribution in [3.8, 4) is 0 Å². The number of hydrazone groups is 1. The molecule has 9 nitrogen and oxygen atoms in total. The molecule has 2 aromatic rings. The number of anilines is 3. The average molecular weight is 507 g/mol. The zero-order valence-electron chi connectivity index (χ0n) is 19.3. The quantitative estimate of drug-likeness (QED) is 0.268. The van der Waals surface area contributed by atoms with Gasteiger partial charge in [-0.2, -0.15) is 5.10 Å². The first-order valence-corrected chi connectivity index (χ1v) is 11.6. The van der Waals surface area contributed by atoms with Crippen molar-refractivity contribution in [2.24, 2.45) is 5.10 Å². The minimum Gasteiger partial charge on any atom is -0.388 e. The summed E-state index contributed by atoms with van der Waals surface area (Å²) in [7, 11) is 1.43. The number of rotatable bonds is 7. The van der Waals surface area contributed by atoms with E-state index < -0.39 is 24.1 Å². The molecule has 0 atom stereocenters. The molecule has 12 heteroatoms. The van der Waals surface area contributed by atoms with Crippen LogP contribution < -0.4 is 14.8 Å². The van der Waals surface area contributed by atoms with Crippen LogP contribution in [-0.2, 0) is 4.79 Å². The predicted molar refractivity (Wildman–Crippen MR) is 129 cm³/mol. The van der Waals surface area contributed by atoms with Crippen molar-refractivity contribution in [3.05, 3.63) is 46.5 Å². The van der Waals surface area contributed by atoms with E-state index in [4.69, 9.17) is 11.6 Å². The monoisotopic (exact) mass is 506 g/mol. The first kappa shape index (κ1) is 24.8. The molecule has 2 aliphatic rings. The lowest BCUT2D eigenvalue weighted by Crippen LogP contribution is -2.53. The van der Waals surface area contributed by atoms with Crippen LogP contribution in [0.15, 0.2) is 29.4 Å². The molecule has 0 unspecified atom stereocenters. The maximum Gasteiger partial charge on any atom is 0.263 e. The lowest BCUT2D eigenvalue weighted by molar-refractivity contribution is -0.114. The van der Waals surface area contributed by atoms with E-state index in [0.717, 1.165) is 30.3 Å². The number of para-hydroxylation sites is 1. The van der Waals surface area contributed by atoms with E-state index in [1.807, 2.05) is 4.90 Å². The lowest BCUT2D eigenvalue weighted by atomic mass is 9.91. The molecule has 1 aromatic heterocycles. The summed E-state index contributed by atoms with van der Waals surface area (Å²) in [6.07, 6.45) is 3.18.